The number of rotatable bonds is 7. The van der Waals surface area contributed by atoms with Crippen molar-refractivity contribution in [1.82, 2.24) is 9.55 Å². The van der Waals surface area contributed by atoms with E-state index in [1.807, 2.05) is 77.4 Å². The lowest BCUT2D eigenvalue weighted by molar-refractivity contribution is -0.141. The van der Waals surface area contributed by atoms with Gasteiger partial charge in [-0.2, -0.15) is 0 Å². The summed E-state index contributed by atoms with van der Waals surface area (Å²) in [6, 6.07) is 26.6. The number of halogens is 1. The van der Waals surface area contributed by atoms with Gasteiger partial charge >= 0.3 is 11.6 Å². The molecular formula is C27H19IN2O4S. The molecule has 174 valence electrons. The van der Waals surface area contributed by atoms with Gasteiger partial charge < -0.3 is 9.15 Å². The maximum atomic E-state index is 12.7. The predicted molar refractivity (Wildman–Crippen MR) is 145 cm³/mol. The summed E-state index contributed by atoms with van der Waals surface area (Å²) < 4.78 is 13.9. The first-order valence-corrected chi connectivity index (χ1v) is 12.8. The van der Waals surface area contributed by atoms with Gasteiger partial charge in [-0.05, 0) is 64.6 Å². The summed E-state index contributed by atoms with van der Waals surface area (Å²) in [6.45, 7) is 0.217. The Morgan fingerprint density at radius 2 is 1.74 bits per heavy atom. The van der Waals surface area contributed by atoms with Crippen LogP contribution in [0.5, 0.6) is 0 Å². The van der Waals surface area contributed by atoms with Crippen molar-refractivity contribution >= 4 is 51.3 Å². The first kappa shape index (κ1) is 23.4. The average molecular weight is 594 g/mol. The first-order chi connectivity index (χ1) is 17.1. The molecule has 0 unspecified atom stereocenters. The van der Waals surface area contributed by atoms with E-state index in [9.17, 15) is 9.59 Å². The van der Waals surface area contributed by atoms with E-state index >= 15 is 0 Å². The number of fused-ring (bicyclic) bond motifs is 1. The molecule has 5 aromatic rings. The van der Waals surface area contributed by atoms with E-state index in [0.717, 1.165) is 20.2 Å². The topological polar surface area (TPSA) is 74.3 Å². The van der Waals surface area contributed by atoms with E-state index in [-0.39, 0.29) is 18.3 Å². The molecule has 0 bridgehead atoms. The van der Waals surface area contributed by atoms with E-state index in [0.29, 0.717) is 22.0 Å². The highest BCUT2D eigenvalue weighted by molar-refractivity contribution is 14.1. The van der Waals surface area contributed by atoms with Crippen LogP contribution in [-0.4, -0.2) is 21.3 Å². The molecule has 0 aliphatic rings. The highest BCUT2D eigenvalue weighted by atomic mass is 127. The van der Waals surface area contributed by atoms with Gasteiger partial charge in [0.15, 0.2) is 5.16 Å². The number of carbonyl (C=O) groups is 1. The van der Waals surface area contributed by atoms with Crippen LogP contribution in [0.15, 0.2) is 105 Å². The monoisotopic (exact) mass is 594 g/mol. The Bertz CT molecular complexity index is 1550. The molecule has 0 atom stereocenters. The third-order valence-electron chi connectivity index (χ3n) is 5.26. The highest BCUT2D eigenvalue weighted by Crippen LogP contribution is 2.28. The molecule has 2 aromatic heterocycles. The molecule has 0 spiro atoms. The smallest absolute Gasteiger partial charge is 0.345 e. The fourth-order valence-electron chi connectivity index (χ4n) is 3.53. The molecule has 6 nitrogen and oxygen atoms in total. The Balaban J connectivity index is 1.43. The van der Waals surface area contributed by atoms with Crippen LogP contribution in [0.2, 0.25) is 0 Å². The van der Waals surface area contributed by atoms with Crippen molar-refractivity contribution in [3.05, 3.63) is 111 Å². The Hall–Kier alpha value is -3.37. The Labute approximate surface area is 219 Å². The van der Waals surface area contributed by atoms with Crippen LogP contribution in [0, 0.1) is 3.57 Å². The Morgan fingerprint density at radius 3 is 2.54 bits per heavy atom. The van der Waals surface area contributed by atoms with Gasteiger partial charge in [0.25, 0.3) is 0 Å². The van der Waals surface area contributed by atoms with Gasteiger partial charge in [-0.3, -0.25) is 9.36 Å². The second kappa shape index (κ2) is 10.5. The Kier molecular flexibility index (Phi) is 7.01. The van der Waals surface area contributed by atoms with Crippen LogP contribution in [0.1, 0.15) is 5.56 Å². The number of hydrogen-bond acceptors (Lipinski definition) is 6. The van der Waals surface area contributed by atoms with Gasteiger partial charge in [-0.1, -0.05) is 60.3 Å². The number of aromatic nitrogens is 2. The normalized spacial score (nSPS) is 11.0. The maximum absolute atomic E-state index is 12.7. The quantitative estimate of drug-likeness (QED) is 0.0984. The zero-order valence-electron chi connectivity index (χ0n) is 18.4. The lowest BCUT2D eigenvalue weighted by Gasteiger charge is -2.08. The van der Waals surface area contributed by atoms with Crippen LogP contribution in [0.3, 0.4) is 0 Å². The maximum Gasteiger partial charge on any atom is 0.345 e. The molecule has 5 rings (SSSR count). The molecule has 0 N–H and O–H groups in total. The van der Waals surface area contributed by atoms with Crippen LogP contribution in [0.25, 0.3) is 27.9 Å². The molecule has 2 heterocycles. The number of hydrogen-bond donors (Lipinski definition) is 0. The van der Waals surface area contributed by atoms with E-state index < -0.39 is 5.63 Å². The van der Waals surface area contributed by atoms with Crippen LogP contribution < -0.4 is 5.63 Å². The summed E-state index contributed by atoms with van der Waals surface area (Å²) in [5.41, 5.74) is 2.69. The van der Waals surface area contributed by atoms with E-state index in [1.54, 1.807) is 18.3 Å². The second-order valence-electron chi connectivity index (χ2n) is 7.68. The summed E-state index contributed by atoms with van der Waals surface area (Å²) in [4.78, 5) is 29.8. The average Bonchev–Trinajstić information content (AvgIpc) is 3.31. The fraction of sp³-hybridized carbons (Fsp3) is 0.0741. The minimum Gasteiger partial charge on any atom is -0.460 e. The van der Waals surface area contributed by atoms with Crippen LogP contribution >= 0.6 is 34.4 Å². The molecule has 0 radical (unpaired) electrons. The van der Waals surface area contributed by atoms with Gasteiger partial charge in [0.1, 0.15) is 12.2 Å². The molecule has 0 aliphatic carbocycles. The molecule has 0 fully saturated rings. The van der Waals surface area contributed by atoms with Gasteiger partial charge in [0, 0.05) is 20.8 Å². The third kappa shape index (κ3) is 5.49. The van der Waals surface area contributed by atoms with Crippen LogP contribution in [0.4, 0.5) is 0 Å². The Morgan fingerprint density at radius 1 is 1.00 bits per heavy atom. The summed E-state index contributed by atoms with van der Waals surface area (Å²) in [5.74, 6) is -0.261. The number of ether oxygens (including phenoxy) is 1. The van der Waals surface area contributed by atoms with Crippen molar-refractivity contribution in [3.8, 4) is 16.9 Å². The largest absolute Gasteiger partial charge is 0.460 e. The molecule has 35 heavy (non-hydrogen) atoms. The standard InChI is InChI=1S/C27H19IN2O4S/c28-20-10-12-21(13-11-20)30-15-23(22-14-19-8-4-5-9-24(19)34-26(22)32)29-27(30)35-17-25(31)33-16-18-6-2-1-3-7-18/h1-15H,16-17H2. The van der Waals surface area contributed by atoms with Gasteiger partial charge in [0.05, 0.1) is 17.0 Å². The van der Waals surface area contributed by atoms with Gasteiger partial charge in [-0.15, -0.1) is 0 Å². The molecular weight excluding hydrogens is 575 g/mol. The van der Waals surface area contributed by atoms with Crippen LogP contribution in [-0.2, 0) is 16.1 Å². The van der Waals surface area contributed by atoms with E-state index in [4.69, 9.17) is 14.1 Å². The minimum absolute atomic E-state index is 0.0833. The molecule has 0 aliphatic heterocycles. The second-order valence-corrected chi connectivity index (χ2v) is 9.86. The zero-order valence-corrected chi connectivity index (χ0v) is 21.4. The number of thioether (sulfide) groups is 1. The van der Waals surface area contributed by atoms with Crippen molar-refractivity contribution in [1.29, 1.82) is 0 Å². The van der Waals surface area contributed by atoms with E-state index in [2.05, 4.69) is 22.6 Å². The number of para-hydroxylation sites is 1. The number of carbonyl (C=O) groups excluding carboxylic acids is 1. The van der Waals surface area contributed by atoms with Crippen molar-refractivity contribution in [2.24, 2.45) is 0 Å². The minimum atomic E-state index is -0.463. The fourth-order valence-corrected chi connectivity index (χ4v) is 4.68. The number of esters is 1. The number of imidazole rings is 1. The zero-order chi connectivity index (χ0) is 24.2. The third-order valence-corrected chi connectivity index (χ3v) is 6.90. The summed E-state index contributed by atoms with van der Waals surface area (Å²) in [7, 11) is 0. The number of benzene rings is 3. The summed E-state index contributed by atoms with van der Waals surface area (Å²) >= 11 is 3.50. The van der Waals surface area contributed by atoms with Crippen molar-refractivity contribution in [3.63, 3.8) is 0 Å². The van der Waals surface area contributed by atoms with Gasteiger partial charge in [-0.25, -0.2) is 9.78 Å². The predicted octanol–water partition coefficient (Wildman–Crippen LogP) is 6.09. The summed E-state index contributed by atoms with van der Waals surface area (Å²) in [5, 5.41) is 1.38. The molecule has 8 heteroatoms. The van der Waals surface area contributed by atoms with Crippen molar-refractivity contribution in [2.75, 3.05) is 5.75 Å². The SMILES string of the molecule is O=C(CSc1nc(-c2cc3ccccc3oc2=O)cn1-c1ccc(I)cc1)OCc1ccccc1. The molecule has 0 amide bonds. The van der Waals surface area contributed by atoms with E-state index in [1.165, 1.54) is 11.8 Å². The van der Waals surface area contributed by atoms with Crippen molar-refractivity contribution < 1.29 is 13.9 Å². The lowest BCUT2D eigenvalue weighted by atomic mass is 10.1. The first-order valence-electron chi connectivity index (χ1n) is 10.8. The molecule has 0 saturated carbocycles. The lowest BCUT2D eigenvalue weighted by Crippen LogP contribution is -2.08. The van der Waals surface area contributed by atoms with Gasteiger partial charge in [0.2, 0.25) is 0 Å². The molecule has 3 aromatic carbocycles. The van der Waals surface area contributed by atoms with Crippen molar-refractivity contribution in [2.45, 2.75) is 11.8 Å². The highest BCUT2D eigenvalue weighted by Gasteiger charge is 2.17. The number of nitrogens with zero attached hydrogens (tertiary/aromatic N) is 2. The summed E-state index contributed by atoms with van der Waals surface area (Å²) in [6.07, 6.45) is 1.79. The molecule has 0 saturated heterocycles.